The first-order valence-corrected chi connectivity index (χ1v) is 17.0. The van der Waals surface area contributed by atoms with E-state index in [1.54, 1.807) is 0 Å². The summed E-state index contributed by atoms with van der Waals surface area (Å²) in [7, 11) is 0. The minimum Gasteiger partial charge on any atom is -0.309 e. The van der Waals surface area contributed by atoms with Crippen LogP contribution in [0.1, 0.15) is 49.9 Å². The lowest BCUT2D eigenvalue weighted by Crippen LogP contribution is -2.14. The van der Waals surface area contributed by atoms with Crippen molar-refractivity contribution in [3.8, 4) is 45.0 Å². The molecule has 8 aromatic rings. The summed E-state index contributed by atoms with van der Waals surface area (Å²) in [6, 6.07) is 53.9. The Kier molecular flexibility index (Phi) is 5.44. The molecule has 2 aromatic heterocycles. The van der Waals surface area contributed by atoms with E-state index in [2.05, 4.69) is 182 Å². The van der Waals surface area contributed by atoms with Crippen LogP contribution in [0.5, 0.6) is 0 Å². The van der Waals surface area contributed by atoms with Crippen LogP contribution in [0.25, 0.3) is 66.8 Å². The molecular formula is C46H36N2. The number of fused-ring (bicyclic) bond motifs is 10. The molecule has 10 rings (SSSR count). The molecule has 0 bridgehead atoms. The first kappa shape index (κ1) is 27.5. The van der Waals surface area contributed by atoms with Gasteiger partial charge in [0.05, 0.1) is 22.4 Å². The van der Waals surface area contributed by atoms with E-state index < -0.39 is 0 Å². The lowest BCUT2D eigenvalue weighted by molar-refractivity contribution is 0.666. The quantitative estimate of drug-likeness (QED) is 0.187. The van der Waals surface area contributed by atoms with Crippen LogP contribution in [0.3, 0.4) is 0 Å². The number of hydrogen-bond acceptors (Lipinski definition) is 0. The molecule has 2 heterocycles. The lowest BCUT2D eigenvalue weighted by atomic mass is 9.81. The Morgan fingerprint density at radius 3 is 1.25 bits per heavy atom. The molecule has 0 atom stereocenters. The fraction of sp³-hybridized carbons (Fsp3) is 0.130. The summed E-state index contributed by atoms with van der Waals surface area (Å²) in [4.78, 5) is 0. The second-order valence-corrected chi connectivity index (χ2v) is 14.6. The van der Waals surface area contributed by atoms with E-state index in [4.69, 9.17) is 0 Å². The third kappa shape index (κ3) is 3.47. The molecule has 2 nitrogen and oxygen atoms in total. The number of aromatic nitrogens is 2. The second kappa shape index (κ2) is 9.49. The van der Waals surface area contributed by atoms with Gasteiger partial charge in [-0.3, -0.25) is 0 Å². The monoisotopic (exact) mass is 616 g/mol. The molecule has 2 aliphatic carbocycles. The van der Waals surface area contributed by atoms with E-state index in [-0.39, 0.29) is 10.8 Å². The zero-order valence-electron chi connectivity index (χ0n) is 27.8. The van der Waals surface area contributed by atoms with Crippen LogP contribution >= 0.6 is 0 Å². The zero-order valence-corrected chi connectivity index (χ0v) is 27.8. The van der Waals surface area contributed by atoms with Gasteiger partial charge in [-0.1, -0.05) is 137 Å². The fourth-order valence-electron chi connectivity index (χ4n) is 9.18. The summed E-state index contributed by atoms with van der Waals surface area (Å²) >= 11 is 0. The summed E-state index contributed by atoms with van der Waals surface area (Å²) < 4.78 is 4.99. The lowest BCUT2D eigenvalue weighted by Gasteiger charge is -2.21. The minimum absolute atomic E-state index is 0.0737. The van der Waals surface area contributed by atoms with Gasteiger partial charge < -0.3 is 9.13 Å². The van der Waals surface area contributed by atoms with E-state index in [1.165, 1.54) is 89.1 Å². The van der Waals surface area contributed by atoms with Gasteiger partial charge in [0.15, 0.2) is 0 Å². The standard InChI is InChI=1S/C46H36N2/c1-45(2)37-23-9-5-19-33(37)43-41(45)35-21-7-11-25-39(35)47(43)31-17-13-15-29(27-31)30-16-14-18-32(28-30)48-40-26-12-8-22-36(40)42-44(48)34-20-6-10-24-38(34)46(42,3)4/h5-28H,1-4H3. The summed E-state index contributed by atoms with van der Waals surface area (Å²) in [5.74, 6) is 0. The van der Waals surface area contributed by atoms with Crippen molar-refractivity contribution in [2.24, 2.45) is 0 Å². The van der Waals surface area contributed by atoms with Gasteiger partial charge in [0.2, 0.25) is 0 Å². The van der Waals surface area contributed by atoms with Gasteiger partial charge in [0.25, 0.3) is 0 Å². The third-order valence-electron chi connectivity index (χ3n) is 11.3. The zero-order chi connectivity index (χ0) is 32.4. The summed E-state index contributed by atoms with van der Waals surface area (Å²) in [5, 5.41) is 2.66. The molecule has 0 saturated carbocycles. The van der Waals surface area contributed by atoms with Crippen LogP contribution < -0.4 is 0 Å². The van der Waals surface area contributed by atoms with Gasteiger partial charge in [-0.05, 0) is 69.8 Å². The maximum atomic E-state index is 2.50. The molecule has 0 N–H and O–H groups in total. The molecule has 0 fully saturated rings. The van der Waals surface area contributed by atoms with Crippen LogP contribution in [0.15, 0.2) is 146 Å². The summed E-state index contributed by atoms with van der Waals surface area (Å²) in [6.07, 6.45) is 0. The highest BCUT2D eigenvalue weighted by Crippen LogP contribution is 2.55. The van der Waals surface area contributed by atoms with Gasteiger partial charge in [-0.2, -0.15) is 0 Å². The molecule has 0 saturated heterocycles. The average molecular weight is 617 g/mol. The maximum Gasteiger partial charge on any atom is 0.0584 e. The molecule has 2 aliphatic rings. The van der Waals surface area contributed by atoms with Crippen molar-refractivity contribution in [3.05, 3.63) is 168 Å². The van der Waals surface area contributed by atoms with Crippen LogP contribution in [0.2, 0.25) is 0 Å². The molecule has 0 aliphatic heterocycles. The van der Waals surface area contributed by atoms with Crippen molar-refractivity contribution >= 4 is 21.8 Å². The van der Waals surface area contributed by atoms with Gasteiger partial charge in [0, 0.05) is 44.1 Å². The highest BCUT2D eigenvalue weighted by Gasteiger charge is 2.41. The smallest absolute Gasteiger partial charge is 0.0584 e. The second-order valence-electron chi connectivity index (χ2n) is 14.6. The SMILES string of the molecule is CC1(C)c2ccccc2-c2c1c1ccccc1n2-c1cccc(-c2cccc(-n3c4c(c5ccccc53)C(C)(C)c3ccccc3-4)c2)c1. The Hall–Kier alpha value is -5.60. The van der Waals surface area contributed by atoms with Gasteiger partial charge in [0.1, 0.15) is 0 Å². The van der Waals surface area contributed by atoms with Gasteiger partial charge in [-0.25, -0.2) is 0 Å². The van der Waals surface area contributed by atoms with Crippen molar-refractivity contribution in [1.29, 1.82) is 0 Å². The van der Waals surface area contributed by atoms with E-state index in [0.717, 1.165) is 0 Å². The van der Waals surface area contributed by atoms with Crippen molar-refractivity contribution in [2.75, 3.05) is 0 Å². The number of hydrogen-bond donors (Lipinski definition) is 0. The molecule has 2 heteroatoms. The Morgan fingerprint density at radius 1 is 0.396 bits per heavy atom. The molecule has 48 heavy (non-hydrogen) atoms. The van der Waals surface area contributed by atoms with Crippen LogP contribution in [0, 0.1) is 0 Å². The molecule has 0 unspecified atom stereocenters. The predicted octanol–water partition coefficient (Wildman–Crippen LogP) is 11.9. The largest absolute Gasteiger partial charge is 0.309 e. The normalized spacial score (nSPS) is 15.0. The fourth-order valence-corrected chi connectivity index (χ4v) is 9.18. The molecule has 6 aromatic carbocycles. The van der Waals surface area contributed by atoms with Gasteiger partial charge >= 0.3 is 0 Å². The maximum absolute atomic E-state index is 2.50. The van der Waals surface area contributed by atoms with E-state index in [0.29, 0.717) is 0 Å². The molecule has 0 radical (unpaired) electrons. The highest BCUT2D eigenvalue weighted by molar-refractivity contribution is 6.00. The summed E-state index contributed by atoms with van der Waals surface area (Å²) in [6.45, 7) is 9.49. The number of para-hydroxylation sites is 2. The van der Waals surface area contributed by atoms with Crippen LogP contribution in [-0.4, -0.2) is 9.13 Å². The number of rotatable bonds is 3. The Bertz CT molecular complexity index is 2440. The molecule has 0 spiro atoms. The molecule has 0 amide bonds. The van der Waals surface area contributed by atoms with Crippen molar-refractivity contribution in [3.63, 3.8) is 0 Å². The van der Waals surface area contributed by atoms with E-state index >= 15 is 0 Å². The summed E-state index contributed by atoms with van der Waals surface area (Å²) in [5.41, 5.74) is 18.1. The molecular weight excluding hydrogens is 581 g/mol. The first-order chi connectivity index (χ1) is 23.4. The van der Waals surface area contributed by atoms with Crippen molar-refractivity contribution in [1.82, 2.24) is 9.13 Å². The Morgan fingerprint density at radius 2 is 0.792 bits per heavy atom. The van der Waals surface area contributed by atoms with Crippen molar-refractivity contribution < 1.29 is 0 Å². The van der Waals surface area contributed by atoms with Gasteiger partial charge in [-0.15, -0.1) is 0 Å². The minimum atomic E-state index is -0.0737. The first-order valence-electron chi connectivity index (χ1n) is 17.0. The average Bonchev–Trinajstić information content (AvgIpc) is 3.79. The topological polar surface area (TPSA) is 9.86 Å². The Labute approximate surface area is 281 Å². The molecule has 230 valence electrons. The van der Waals surface area contributed by atoms with E-state index in [9.17, 15) is 0 Å². The predicted molar refractivity (Wildman–Crippen MR) is 201 cm³/mol. The van der Waals surface area contributed by atoms with Crippen molar-refractivity contribution in [2.45, 2.75) is 38.5 Å². The highest BCUT2D eigenvalue weighted by atomic mass is 15.0. The number of benzene rings is 6. The Balaban J connectivity index is 1.17. The van der Waals surface area contributed by atoms with Crippen LogP contribution in [-0.2, 0) is 10.8 Å². The number of nitrogens with zero attached hydrogens (tertiary/aromatic N) is 2. The third-order valence-corrected chi connectivity index (χ3v) is 11.3. The van der Waals surface area contributed by atoms with Crippen LogP contribution in [0.4, 0.5) is 0 Å². The van der Waals surface area contributed by atoms with E-state index in [1.807, 2.05) is 0 Å².